The summed E-state index contributed by atoms with van der Waals surface area (Å²) in [5, 5.41) is 3.17. The predicted molar refractivity (Wildman–Crippen MR) is 74.6 cm³/mol. The first-order chi connectivity index (χ1) is 8.22. The summed E-state index contributed by atoms with van der Waals surface area (Å²) in [7, 11) is 1.97. The molecule has 0 bridgehead atoms. The maximum Gasteiger partial charge on any atom is 0.0404 e. The van der Waals surface area contributed by atoms with E-state index in [1.54, 1.807) is 0 Å². The highest BCUT2D eigenvalue weighted by molar-refractivity contribution is 5.57. The smallest absolute Gasteiger partial charge is 0.0404 e. The van der Waals surface area contributed by atoms with E-state index in [0.717, 1.165) is 13.1 Å². The van der Waals surface area contributed by atoms with E-state index in [9.17, 15) is 0 Å². The average molecular weight is 230 g/mol. The Morgan fingerprint density at radius 3 is 3.00 bits per heavy atom. The number of benzene rings is 1. The van der Waals surface area contributed by atoms with Crippen molar-refractivity contribution < 1.29 is 0 Å². The van der Waals surface area contributed by atoms with E-state index < -0.39 is 0 Å². The van der Waals surface area contributed by atoms with E-state index in [4.69, 9.17) is 0 Å². The van der Waals surface area contributed by atoms with Crippen molar-refractivity contribution in [1.29, 1.82) is 0 Å². The van der Waals surface area contributed by atoms with Gasteiger partial charge in [0.15, 0.2) is 0 Å². The summed E-state index contributed by atoms with van der Waals surface area (Å²) in [6, 6.07) is 9.35. The molecule has 0 radical (unpaired) electrons. The maximum atomic E-state index is 4.14. The number of hydrogen-bond acceptors (Lipinski definition) is 2. The van der Waals surface area contributed by atoms with Crippen LogP contribution in [0, 0.1) is 0 Å². The van der Waals surface area contributed by atoms with Crippen molar-refractivity contribution in [3.63, 3.8) is 0 Å². The molecule has 1 aromatic rings. The summed E-state index contributed by atoms with van der Waals surface area (Å²) >= 11 is 0. The summed E-state index contributed by atoms with van der Waals surface area (Å²) < 4.78 is 0. The van der Waals surface area contributed by atoms with Crippen LogP contribution in [-0.2, 0) is 6.42 Å². The molecule has 92 valence electrons. The summed E-state index contributed by atoms with van der Waals surface area (Å²) in [5.74, 6) is 0. The Morgan fingerprint density at radius 2 is 2.24 bits per heavy atom. The number of hydrogen-bond donors (Lipinski definition) is 1. The van der Waals surface area contributed by atoms with Gasteiger partial charge in [0.05, 0.1) is 0 Å². The number of anilines is 1. The van der Waals surface area contributed by atoms with Gasteiger partial charge in [-0.25, -0.2) is 0 Å². The van der Waals surface area contributed by atoms with Crippen molar-refractivity contribution >= 4 is 5.69 Å². The third-order valence-electron chi connectivity index (χ3n) is 3.49. The highest BCUT2D eigenvalue weighted by atomic mass is 15.2. The third-order valence-corrected chi connectivity index (χ3v) is 3.49. The third kappa shape index (κ3) is 2.70. The first-order valence-electron chi connectivity index (χ1n) is 6.38. The number of nitrogens with one attached hydrogen (secondary N) is 1. The van der Waals surface area contributed by atoms with Gasteiger partial charge in [-0.1, -0.05) is 24.8 Å². The van der Waals surface area contributed by atoms with E-state index in [2.05, 4.69) is 48.0 Å². The molecule has 1 aliphatic rings. The molecule has 0 aliphatic carbocycles. The van der Waals surface area contributed by atoms with E-state index in [0.29, 0.717) is 6.04 Å². The normalized spacial score (nSPS) is 18.9. The second kappa shape index (κ2) is 5.37. The lowest BCUT2D eigenvalue weighted by molar-refractivity contribution is 0.574. The van der Waals surface area contributed by atoms with Crippen LogP contribution in [0.25, 0.3) is 0 Å². The molecule has 0 spiro atoms. The highest BCUT2D eigenvalue weighted by Crippen LogP contribution is 2.30. The van der Waals surface area contributed by atoms with Crippen LogP contribution in [0.15, 0.2) is 36.4 Å². The number of aryl methyl sites for hydroxylation is 1. The number of likely N-dealkylation sites (N-methyl/N-ethyl adjacent to an activating group) is 1. The Kier molecular flexibility index (Phi) is 3.85. The highest BCUT2D eigenvalue weighted by Gasteiger charge is 2.22. The molecule has 1 unspecified atom stereocenters. The fourth-order valence-corrected chi connectivity index (χ4v) is 2.55. The molecule has 0 amide bonds. The Morgan fingerprint density at radius 1 is 1.47 bits per heavy atom. The Labute approximate surface area is 104 Å². The van der Waals surface area contributed by atoms with Crippen LogP contribution in [-0.4, -0.2) is 26.2 Å². The van der Waals surface area contributed by atoms with Crippen molar-refractivity contribution in [2.45, 2.75) is 25.8 Å². The minimum absolute atomic E-state index is 0.610. The van der Waals surface area contributed by atoms with Gasteiger partial charge >= 0.3 is 0 Å². The lowest BCUT2D eigenvalue weighted by Gasteiger charge is -2.37. The summed E-state index contributed by atoms with van der Waals surface area (Å²) in [4.78, 5) is 2.48. The van der Waals surface area contributed by atoms with Gasteiger partial charge in [0.1, 0.15) is 0 Å². The molecule has 1 aliphatic heterocycles. The minimum atomic E-state index is 0.610. The molecule has 1 aromatic carbocycles. The van der Waals surface area contributed by atoms with Gasteiger partial charge in [-0.2, -0.15) is 0 Å². The van der Waals surface area contributed by atoms with E-state index in [1.165, 1.54) is 29.7 Å². The fourth-order valence-electron chi connectivity index (χ4n) is 2.55. The van der Waals surface area contributed by atoms with E-state index in [-0.39, 0.29) is 0 Å². The minimum Gasteiger partial charge on any atom is -0.365 e. The molecule has 2 nitrogen and oxygen atoms in total. The van der Waals surface area contributed by atoms with Crippen LogP contribution < -0.4 is 10.2 Å². The summed E-state index contributed by atoms with van der Waals surface area (Å²) in [6.07, 6.45) is 2.44. The topological polar surface area (TPSA) is 15.3 Å². The molecule has 17 heavy (non-hydrogen) atoms. The van der Waals surface area contributed by atoms with Crippen molar-refractivity contribution in [3.05, 3.63) is 42.0 Å². The molecular weight excluding hydrogens is 208 g/mol. The zero-order chi connectivity index (χ0) is 12.3. The van der Waals surface area contributed by atoms with Gasteiger partial charge in [0.25, 0.3) is 0 Å². The van der Waals surface area contributed by atoms with Crippen molar-refractivity contribution in [1.82, 2.24) is 5.32 Å². The second-order valence-electron chi connectivity index (χ2n) is 4.92. The fraction of sp³-hybridized carbons (Fsp3) is 0.467. The van der Waals surface area contributed by atoms with Crippen molar-refractivity contribution in [2.75, 3.05) is 25.0 Å². The van der Waals surface area contributed by atoms with Crippen molar-refractivity contribution in [3.8, 4) is 0 Å². The Balaban J connectivity index is 2.18. The molecule has 0 saturated heterocycles. The van der Waals surface area contributed by atoms with Crippen LogP contribution in [0.3, 0.4) is 0 Å². The Hall–Kier alpha value is -1.28. The zero-order valence-electron chi connectivity index (χ0n) is 10.9. The maximum absolute atomic E-state index is 4.14. The first-order valence-corrected chi connectivity index (χ1v) is 6.38. The second-order valence-corrected chi connectivity index (χ2v) is 4.92. The zero-order valence-corrected chi connectivity index (χ0v) is 10.9. The van der Waals surface area contributed by atoms with Gasteiger partial charge in [-0.15, -0.1) is 0 Å². The van der Waals surface area contributed by atoms with E-state index in [1.807, 2.05) is 7.05 Å². The van der Waals surface area contributed by atoms with Gasteiger partial charge in [-0.05, 0) is 44.0 Å². The molecule has 1 heterocycles. The average Bonchev–Trinajstić information content (AvgIpc) is 2.33. The molecule has 2 rings (SSSR count). The largest absolute Gasteiger partial charge is 0.365 e. The molecule has 0 fully saturated rings. The Bertz CT molecular complexity index is 398. The number of para-hydroxylation sites is 1. The molecule has 0 saturated carbocycles. The van der Waals surface area contributed by atoms with Crippen LogP contribution in [0.2, 0.25) is 0 Å². The van der Waals surface area contributed by atoms with Gasteiger partial charge in [-0.3, -0.25) is 0 Å². The van der Waals surface area contributed by atoms with E-state index >= 15 is 0 Å². The van der Waals surface area contributed by atoms with Gasteiger partial charge < -0.3 is 10.2 Å². The summed E-state index contributed by atoms with van der Waals surface area (Å²) in [5.41, 5.74) is 4.11. The molecule has 0 aromatic heterocycles. The monoisotopic (exact) mass is 230 g/mol. The van der Waals surface area contributed by atoms with Crippen LogP contribution in [0.1, 0.15) is 18.9 Å². The SMILES string of the molecule is C=C(CNC)CN1c2ccccc2CCC1C. The lowest BCUT2D eigenvalue weighted by Crippen LogP contribution is -2.39. The van der Waals surface area contributed by atoms with Crippen LogP contribution >= 0.6 is 0 Å². The summed E-state index contributed by atoms with van der Waals surface area (Å²) in [6.45, 7) is 8.30. The number of nitrogens with zero attached hydrogens (tertiary/aromatic N) is 1. The van der Waals surface area contributed by atoms with Crippen molar-refractivity contribution in [2.24, 2.45) is 0 Å². The number of fused-ring (bicyclic) bond motifs is 1. The number of rotatable bonds is 4. The molecule has 2 heteroatoms. The molecular formula is C15H22N2. The standard InChI is InChI=1S/C15H22N2/c1-12(10-16-3)11-17-13(2)8-9-14-6-4-5-7-15(14)17/h4-7,13,16H,1,8-11H2,2-3H3. The molecule has 1 N–H and O–H groups in total. The first kappa shape index (κ1) is 12.2. The van der Waals surface area contributed by atoms with Gasteiger partial charge in [0, 0.05) is 24.8 Å². The van der Waals surface area contributed by atoms with Crippen LogP contribution in [0.5, 0.6) is 0 Å². The van der Waals surface area contributed by atoms with Gasteiger partial charge in [0.2, 0.25) is 0 Å². The quantitative estimate of drug-likeness (QED) is 0.800. The molecule has 1 atom stereocenters. The lowest BCUT2D eigenvalue weighted by atomic mass is 9.96. The predicted octanol–water partition coefficient (Wildman–Crippen LogP) is 2.60. The van der Waals surface area contributed by atoms with Crippen LogP contribution in [0.4, 0.5) is 5.69 Å².